The van der Waals surface area contributed by atoms with Crippen LogP contribution in [0.3, 0.4) is 0 Å². The maximum absolute atomic E-state index is 13.7. The average Bonchev–Trinajstić information content (AvgIpc) is 2.74. The first kappa shape index (κ1) is 13.1. The molecule has 2 aromatic rings. The van der Waals surface area contributed by atoms with Gasteiger partial charge in [0.1, 0.15) is 5.56 Å². The van der Waals surface area contributed by atoms with E-state index < -0.39 is 11.8 Å². The number of benzene rings is 1. The molecule has 1 aromatic heterocycles. The SMILES string of the molecule is CCOc1ccc(-c2onc(C)c2C(=O)O)cc1F. The van der Waals surface area contributed by atoms with Crippen LogP contribution in [0.2, 0.25) is 0 Å². The van der Waals surface area contributed by atoms with Crippen LogP contribution in [-0.2, 0) is 0 Å². The van der Waals surface area contributed by atoms with E-state index in [1.165, 1.54) is 19.1 Å². The standard InChI is InChI=1S/C13H12FNO4/c1-3-18-10-5-4-8(6-9(10)14)12-11(13(16)17)7(2)15-19-12/h4-6H,3H2,1-2H3,(H,16,17). The molecular formula is C13H12FNO4. The molecule has 5 nitrogen and oxygen atoms in total. The number of carbonyl (C=O) groups is 1. The zero-order valence-corrected chi connectivity index (χ0v) is 10.4. The highest BCUT2D eigenvalue weighted by Gasteiger charge is 2.21. The van der Waals surface area contributed by atoms with E-state index in [0.29, 0.717) is 12.2 Å². The van der Waals surface area contributed by atoms with Crippen LogP contribution in [0.4, 0.5) is 4.39 Å². The van der Waals surface area contributed by atoms with Crippen molar-refractivity contribution in [2.45, 2.75) is 13.8 Å². The molecule has 2 rings (SSSR count). The summed E-state index contributed by atoms with van der Waals surface area (Å²) in [6, 6.07) is 4.12. The highest BCUT2D eigenvalue weighted by atomic mass is 19.1. The highest BCUT2D eigenvalue weighted by Crippen LogP contribution is 2.29. The number of aromatic nitrogens is 1. The summed E-state index contributed by atoms with van der Waals surface area (Å²) in [5.74, 6) is -1.60. The molecule has 0 fully saturated rings. The second-order valence-corrected chi connectivity index (χ2v) is 3.86. The van der Waals surface area contributed by atoms with Gasteiger partial charge >= 0.3 is 5.97 Å². The first-order chi connectivity index (χ1) is 9.04. The summed E-state index contributed by atoms with van der Waals surface area (Å²) in [7, 11) is 0. The number of carboxylic acids is 1. The predicted molar refractivity (Wildman–Crippen MR) is 64.8 cm³/mol. The highest BCUT2D eigenvalue weighted by molar-refractivity contribution is 5.95. The monoisotopic (exact) mass is 265 g/mol. The van der Waals surface area contributed by atoms with Crippen LogP contribution in [0.5, 0.6) is 5.75 Å². The van der Waals surface area contributed by atoms with Crippen LogP contribution >= 0.6 is 0 Å². The first-order valence-electron chi connectivity index (χ1n) is 5.66. The van der Waals surface area contributed by atoms with E-state index in [1.807, 2.05) is 0 Å². The van der Waals surface area contributed by atoms with Gasteiger partial charge in [0, 0.05) is 5.56 Å². The second kappa shape index (κ2) is 5.09. The van der Waals surface area contributed by atoms with Crippen LogP contribution in [0.25, 0.3) is 11.3 Å². The Balaban J connectivity index is 2.48. The number of hydrogen-bond acceptors (Lipinski definition) is 4. The van der Waals surface area contributed by atoms with Crippen molar-refractivity contribution in [3.8, 4) is 17.1 Å². The van der Waals surface area contributed by atoms with Gasteiger partial charge in [-0.3, -0.25) is 0 Å². The Morgan fingerprint density at radius 2 is 2.26 bits per heavy atom. The largest absolute Gasteiger partial charge is 0.491 e. The summed E-state index contributed by atoms with van der Waals surface area (Å²) >= 11 is 0. The molecular weight excluding hydrogens is 253 g/mol. The van der Waals surface area contributed by atoms with Crippen LogP contribution in [-0.4, -0.2) is 22.8 Å². The van der Waals surface area contributed by atoms with Gasteiger partial charge < -0.3 is 14.4 Å². The fraction of sp³-hybridized carbons (Fsp3) is 0.231. The van der Waals surface area contributed by atoms with Crippen molar-refractivity contribution in [3.63, 3.8) is 0 Å². The number of carboxylic acid groups (broad SMARTS) is 1. The summed E-state index contributed by atoms with van der Waals surface area (Å²) in [4.78, 5) is 11.1. The normalized spacial score (nSPS) is 10.5. The van der Waals surface area contributed by atoms with Gasteiger partial charge in [-0.15, -0.1) is 0 Å². The molecule has 0 unspecified atom stereocenters. The molecule has 0 amide bonds. The Morgan fingerprint density at radius 3 is 2.84 bits per heavy atom. The molecule has 0 spiro atoms. The van der Waals surface area contributed by atoms with Crippen molar-refractivity contribution in [2.24, 2.45) is 0 Å². The Bertz CT molecular complexity index is 621. The Hall–Kier alpha value is -2.37. The van der Waals surface area contributed by atoms with Gasteiger partial charge in [0.25, 0.3) is 0 Å². The summed E-state index contributed by atoms with van der Waals surface area (Å²) in [5, 5.41) is 12.7. The number of aryl methyl sites for hydroxylation is 1. The van der Waals surface area contributed by atoms with E-state index in [4.69, 9.17) is 14.4 Å². The molecule has 6 heteroatoms. The van der Waals surface area contributed by atoms with E-state index in [2.05, 4.69) is 5.16 Å². The van der Waals surface area contributed by atoms with Crippen LogP contribution in [0.15, 0.2) is 22.7 Å². The number of aromatic carboxylic acids is 1. The molecule has 0 aliphatic rings. The van der Waals surface area contributed by atoms with Gasteiger partial charge in [-0.2, -0.15) is 0 Å². The molecule has 0 atom stereocenters. The zero-order chi connectivity index (χ0) is 14.0. The topological polar surface area (TPSA) is 72.6 Å². The molecule has 0 aliphatic carbocycles. The lowest BCUT2D eigenvalue weighted by atomic mass is 10.1. The molecule has 1 N–H and O–H groups in total. The molecule has 100 valence electrons. The third-order valence-electron chi connectivity index (χ3n) is 2.57. The van der Waals surface area contributed by atoms with Gasteiger partial charge in [0.15, 0.2) is 17.3 Å². The average molecular weight is 265 g/mol. The summed E-state index contributed by atoms with van der Waals surface area (Å²) < 4.78 is 23.8. The van der Waals surface area contributed by atoms with E-state index in [1.54, 1.807) is 6.92 Å². The smallest absolute Gasteiger partial charge is 0.341 e. The number of halogens is 1. The van der Waals surface area contributed by atoms with Crippen molar-refractivity contribution in [3.05, 3.63) is 35.3 Å². The maximum atomic E-state index is 13.7. The molecule has 19 heavy (non-hydrogen) atoms. The van der Waals surface area contributed by atoms with Gasteiger partial charge in [0.05, 0.1) is 12.3 Å². The minimum Gasteiger partial charge on any atom is -0.491 e. The van der Waals surface area contributed by atoms with Gasteiger partial charge in [-0.1, -0.05) is 5.16 Å². The molecule has 0 radical (unpaired) electrons. The number of hydrogen-bond donors (Lipinski definition) is 1. The van der Waals surface area contributed by atoms with Crippen molar-refractivity contribution in [1.29, 1.82) is 0 Å². The van der Waals surface area contributed by atoms with Crippen molar-refractivity contribution >= 4 is 5.97 Å². The molecule has 1 heterocycles. The van der Waals surface area contributed by atoms with E-state index in [9.17, 15) is 9.18 Å². The Labute approximate surface area is 108 Å². The maximum Gasteiger partial charge on any atom is 0.341 e. The van der Waals surface area contributed by atoms with Crippen molar-refractivity contribution < 1.29 is 23.6 Å². The fourth-order valence-corrected chi connectivity index (χ4v) is 1.73. The molecule has 0 saturated heterocycles. The molecule has 0 bridgehead atoms. The lowest BCUT2D eigenvalue weighted by molar-refractivity contribution is 0.0696. The molecule has 0 aliphatic heterocycles. The number of nitrogens with zero attached hydrogens (tertiary/aromatic N) is 1. The quantitative estimate of drug-likeness (QED) is 0.920. The second-order valence-electron chi connectivity index (χ2n) is 3.86. The lowest BCUT2D eigenvalue weighted by Crippen LogP contribution is -1.99. The summed E-state index contributed by atoms with van der Waals surface area (Å²) in [5.41, 5.74) is 0.485. The van der Waals surface area contributed by atoms with E-state index >= 15 is 0 Å². The van der Waals surface area contributed by atoms with Crippen LogP contribution < -0.4 is 4.74 Å². The third kappa shape index (κ3) is 2.42. The zero-order valence-electron chi connectivity index (χ0n) is 10.4. The van der Waals surface area contributed by atoms with Crippen molar-refractivity contribution in [2.75, 3.05) is 6.61 Å². The van der Waals surface area contributed by atoms with Crippen LogP contribution in [0.1, 0.15) is 23.0 Å². The summed E-state index contributed by atoms with van der Waals surface area (Å²) in [6.45, 7) is 3.61. The third-order valence-corrected chi connectivity index (χ3v) is 2.57. The minimum atomic E-state index is -1.16. The molecule has 0 saturated carbocycles. The fourth-order valence-electron chi connectivity index (χ4n) is 1.73. The number of rotatable bonds is 4. The van der Waals surface area contributed by atoms with Gasteiger partial charge in [-0.05, 0) is 32.0 Å². The van der Waals surface area contributed by atoms with Gasteiger partial charge in [-0.25, -0.2) is 9.18 Å². The minimum absolute atomic E-state index is 0.0342. The molecule has 1 aromatic carbocycles. The predicted octanol–water partition coefficient (Wildman–Crippen LogP) is 2.89. The van der Waals surface area contributed by atoms with E-state index in [-0.39, 0.29) is 22.8 Å². The Kier molecular flexibility index (Phi) is 3.50. The van der Waals surface area contributed by atoms with Crippen LogP contribution in [0, 0.1) is 12.7 Å². The number of ether oxygens (including phenoxy) is 1. The lowest BCUT2D eigenvalue weighted by Gasteiger charge is -2.05. The van der Waals surface area contributed by atoms with Gasteiger partial charge in [0.2, 0.25) is 0 Å². The first-order valence-corrected chi connectivity index (χ1v) is 5.66. The van der Waals surface area contributed by atoms with Crippen molar-refractivity contribution in [1.82, 2.24) is 5.16 Å². The van der Waals surface area contributed by atoms with E-state index in [0.717, 1.165) is 6.07 Å². The Morgan fingerprint density at radius 1 is 1.53 bits per heavy atom. The summed E-state index contributed by atoms with van der Waals surface area (Å²) in [6.07, 6.45) is 0.